The average Bonchev–Trinajstić information content (AvgIpc) is 2.61. The zero-order chi connectivity index (χ0) is 16.0. The zero-order valence-corrected chi connectivity index (χ0v) is 13.7. The fraction of sp³-hybridized carbons (Fsp3) is 0.450. The molecule has 0 spiro atoms. The summed E-state index contributed by atoms with van der Waals surface area (Å²) in [7, 11) is 0. The smallest absolute Gasteiger partial charge is 0.0952 e. The lowest BCUT2D eigenvalue weighted by Crippen LogP contribution is -2.58. The van der Waals surface area contributed by atoms with Crippen molar-refractivity contribution < 1.29 is 5.11 Å². The van der Waals surface area contributed by atoms with Gasteiger partial charge >= 0.3 is 0 Å². The van der Waals surface area contributed by atoms with Crippen LogP contribution in [-0.4, -0.2) is 34.1 Å². The highest BCUT2D eigenvalue weighted by Gasteiger charge is 2.47. The van der Waals surface area contributed by atoms with Crippen molar-refractivity contribution in [1.29, 1.82) is 0 Å². The lowest BCUT2D eigenvalue weighted by molar-refractivity contribution is -0.0759. The lowest BCUT2D eigenvalue weighted by atomic mass is 9.65. The number of aliphatic hydroxyl groups excluding tert-OH is 1. The van der Waals surface area contributed by atoms with Gasteiger partial charge in [0.2, 0.25) is 0 Å². The molecule has 3 unspecified atom stereocenters. The van der Waals surface area contributed by atoms with Gasteiger partial charge in [-0.3, -0.25) is 9.88 Å². The topological polar surface area (TPSA) is 36.4 Å². The molecule has 3 aliphatic heterocycles. The van der Waals surface area contributed by atoms with E-state index in [0.717, 1.165) is 36.0 Å². The summed E-state index contributed by atoms with van der Waals surface area (Å²) in [6.07, 6.45) is 5.72. The van der Waals surface area contributed by atoms with Gasteiger partial charge in [-0.1, -0.05) is 31.2 Å². The summed E-state index contributed by atoms with van der Waals surface area (Å²) in [5.41, 5.74) is 2.15. The van der Waals surface area contributed by atoms with Crippen molar-refractivity contribution in [3.05, 3.63) is 54.7 Å². The third-order valence-electron chi connectivity index (χ3n) is 6.07. The van der Waals surface area contributed by atoms with E-state index in [1.807, 2.05) is 30.5 Å². The summed E-state index contributed by atoms with van der Waals surface area (Å²) in [6, 6.07) is 10.3. The Morgan fingerprint density at radius 3 is 2.96 bits per heavy atom. The predicted molar refractivity (Wildman–Crippen MR) is 93.1 cm³/mol. The second kappa shape index (κ2) is 5.43. The highest BCUT2D eigenvalue weighted by Crippen LogP contribution is 2.48. The Morgan fingerprint density at radius 2 is 2.22 bits per heavy atom. The molecule has 1 aromatic heterocycles. The molecule has 0 aliphatic carbocycles. The van der Waals surface area contributed by atoms with Crippen molar-refractivity contribution in [2.75, 3.05) is 13.1 Å². The normalized spacial score (nSPS) is 34.4. The van der Waals surface area contributed by atoms with E-state index < -0.39 is 6.10 Å². The second-order valence-corrected chi connectivity index (χ2v) is 7.33. The molecule has 4 heterocycles. The van der Waals surface area contributed by atoms with E-state index in [4.69, 9.17) is 0 Å². The van der Waals surface area contributed by atoms with Gasteiger partial charge in [0.25, 0.3) is 0 Å². The Kier molecular flexibility index (Phi) is 3.51. The second-order valence-electron chi connectivity index (χ2n) is 7.33. The summed E-state index contributed by atoms with van der Waals surface area (Å²) in [5.74, 6) is 0.623. The number of hydrogen-bond donors (Lipinski definition) is 1. The quantitative estimate of drug-likeness (QED) is 0.881. The summed E-state index contributed by atoms with van der Waals surface area (Å²) >= 11 is 0. The van der Waals surface area contributed by atoms with Crippen molar-refractivity contribution in [2.24, 2.45) is 11.3 Å². The molecule has 3 fully saturated rings. The van der Waals surface area contributed by atoms with E-state index in [1.165, 1.54) is 6.42 Å². The maximum Gasteiger partial charge on any atom is 0.0952 e. The van der Waals surface area contributed by atoms with Crippen molar-refractivity contribution in [1.82, 2.24) is 9.88 Å². The molecule has 3 saturated heterocycles. The Balaban J connectivity index is 1.68. The highest BCUT2D eigenvalue weighted by atomic mass is 16.3. The number of fused-ring (bicyclic) bond motifs is 4. The molecule has 0 saturated carbocycles. The monoisotopic (exact) mass is 308 g/mol. The molecule has 1 N–H and O–H groups in total. The largest absolute Gasteiger partial charge is 0.387 e. The minimum atomic E-state index is -0.458. The first-order chi connectivity index (χ1) is 11.1. The number of rotatable bonds is 3. The fourth-order valence-corrected chi connectivity index (χ4v) is 4.55. The van der Waals surface area contributed by atoms with Crippen LogP contribution in [0.15, 0.2) is 49.2 Å². The molecule has 120 valence electrons. The molecule has 3 heteroatoms. The van der Waals surface area contributed by atoms with Crippen molar-refractivity contribution >= 4 is 10.9 Å². The molecule has 0 amide bonds. The first kappa shape index (κ1) is 14.9. The SMILES string of the molecule is C=C[C@]1(C)CN2CCC1CC2[C@H](O)c1ccnc2ccccc12. The van der Waals surface area contributed by atoms with Gasteiger partial charge in [-0.05, 0) is 43.0 Å². The third-order valence-corrected chi connectivity index (χ3v) is 6.07. The number of piperidine rings is 3. The molecule has 1 aromatic carbocycles. The summed E-state index contributed by atoms with van der Waals surface area (Å²) in [6.45, 7) is 8.44. The molecule has 5 rings (SSSR count). The van der Waals surface area contributed by atoms with Gasteiger partial charge in [0.1, 0.15) is 0 Å². The van der Waals surface area contributed by atoms with Gasteiger partial charge < -0.3 is 5.11 Å². The molecular formula is C20H24N2O. The van der Waals surface area contributed by atoms with Crippen molar-refractivity contribution in [3.8, 4) is 0 Å². The molecule has 0 radical (unpaired) electrons. The van der Waals surface area contributed by atoms with E-state index in [1.54, 1.807) is 0 Å². The Bertz CT molecular complexity index is 738. The highest BCUT2D eigenvalue weighted by molar-refractivity contribution is 5.82. The van der Waals surface area contributed by atoms with Gasteiger partial charge in [-0.25, -0.2) is 0 Å². The van der Waals surface area contributed by atoms with Crippen LogP contribution in [0.4, 0.5) is 0 Å². The maximum atomic E-state index is 11.1. The Labute approximate surface area is 137 Å². The fourth-order valence-electron chi connectivity index (χ4n) is 4.55. The van der Waals surface area contributed by atoms with E-state index in [-0.39, 0.29) is 11.5 Å². The van der Waals surface area contributed by atoms with Crippen LogP contribution in [0.3, 0.4) is 0 Å². The first-order valence-corrected chi connectivity index (χ1v) is 8.52. The standard InChI is InChI=1S/C20H24N2O/c1-3-20(2)13-22-11-9-14(20)12-18(22)19(23)16-8-10-21-17-7-5-4-6-15(16)17/h3-8,10,14,18-19,23H,1,9,11-13H2,2H3/t14?,18?,19-,20-/m1/s1. The van der Waals surface area contributed by atoms with Crippen LogP contribution < -0.4 is 0 Å². The summed E-state index contributed by atoms with van der Waals surface area (Å²) < 4.78 is 0. The van der Waals surface area contributed by atoms with Crippen molar-refractivity contribution in [2.45, 2.75) is 31.9 Å². The molecule has 3 aliphatic rings. The zero-order valence-electron chi connectivity index (χ0n) is 13.7. The van der Waals surface area contributed by atoms with Crippen LogP contribution in [-0.2, 0) is 0 Å². The van der Waals surface area contributed by atoms with Crippen LogP contribution in [0.1, 0.15) is 31.4 Å². The number of aliphatic hydroxyl groups is 1. The molecule has 3 nitrogen and oxygen atoms in total. The van der Waals surface area contributed by atoms with Crippen LogP contribution in [0, 0.1) is 11.3 Å². The Morgan fingerprint density at radius 1 is 1.39 bits per heavy atom. The van der Waals surface area contributed by atoms with Gasteiger partial charge in [-0.15, -0.1) is 6.58 Å². The van der Waals surface area contributed by atoms with Gasteiger partial charge in [-0.2, -0.15) is 0 Å². The number of aromatic nitrogens is 1. The molecule has 2 bridgehead atoms. The summed E-state index contributed by atoms with van der Waals surface area (Å²) in [4.78, 5) is 6.88. The molecule has 5 atom stereocenters. The average molecular weight is 308 g/mol. The lowest BCUT2D eigenvalue weighted by Gasteiger charge is -2.55. The number of hydrogen-bond acceptors (Lipinski definition) is 3. The van der Waals surface area contributed by atoms with E-state index in [2.05, 4.69) is 35.5 Å². The summed E-state index contributed by atoms with van der Waals surface area (Å²) in [5, 5.41) is 12.2. The van der Waals surface area contributed by atoms with Gasteiger partial charge in [0, 0.05) is 29.6 Å². The van der Waals surface area contributed by atoms with Gasteiger partial charge in [0.15, 0.2) is 0 Å². The number of benzene rings is 1. The first-order valence-electron chi connectivity index (χ1n) is 8.52. The molecule has 2 aromatic rings. The Hall–Kier alpha value is -1.71. The van der Waals surface area contributed by atoms with Crippen LogP contribution in [0.2, 0.25) is 0 Å². The van der Waals surface area contributed by atoms with Crippen LogP contribution in [0.25, 0.3) is 10.9 Å². The van der Waals surface area contributed by atoms with Crippen LogP contribution >= 0.6 is 0 Å². The van der Waals surface area contributed by atoms with E-state index in [9.17, 15) is 5.11 Å². The maximum absolute atomic E-state index is 11.1. The van der Waals surface area contributed by atoms with Crippen LogP contribution in [0.5, 0.6) is 0 Å². The van der Waals surface area contributed by atoms with E-state index in [0.29, 0.717) is 5.92 Å². The van der Waals surface area contributed by atoms with Gasteiger partial charge in [0.05, 0.1) is 11.6 Å². The predicted octanol–water partition coefficient (Wildman–Crippen LogP) is 3.55. The third kappa shape index (κ3) is 2.30. The minimum absolute atomic E-state index is 0.189. The van der Waals surface area contributed by atoms with Crippen molar-refractivity contribution in [3.63, 3.8) is 0 Å². The van der Waals surface area contributed by atoms with E-state index >= 15 is 0 Å². The number of pyridine rings is 1. The minimum Gasteiger partial charge on any atom is -0.387 e. The molecule has 23 heavy (non-hydrogen) atoms. The number of nitrogens with zero attached hydrogens (tertiary/aromatic N) is 2. The molecular weight excluding hydrogens is 284 g/mol. The number of para-hydroxylation sites is 1.